The van der Waals surface area contributed by atoms with Gasteiger partial charge in [0, 0.05) is 34.0 Å². The Morgan fingerprint density at radius 3 is 1.30 bits per heavy atom. The quantitative estimate of drug-likeness (QED) is 0.434. The van der Waals surface area contributed by atoms with Gasteiger partial charge in [0.05, 0.1) is 13.1 Å². The molecule has 1 aliphatic rings. The number of nitrogens with one attached hydrogen (secondary N) is 2. The summed E-state index contributed by atoms with van der Waals surface area (Å²) >= 11 is 12.0. The van der Waals surface area contributed by atoms with Gasteiger partial charge >= 0.3 is 17.1 Å². The predicted octanol–water partition coefficient (Wildman–Crippen LogP) is 3.59. The van der Waals surface area contributed by atoms with Gasteiger partial charge in [0.1, 0.15) is 12.1 Å². The van der Waals surface area contributed by atoms with Gasteiger partial charge in [0.15, 0.2) is 0 Å². The van der Waals surface area contributed by atoms with Crippen molar-refractivity contribution < 1.29 is 36.5 Å². The van der Waals surface area contributed by atoms with Gasteiger partial charge in [0.2, 0.25) is 0 Å². The SMILES string of the molecule is C[C-]=O.C[C-]=O.[CH2-][NH+](Cc1ccc(Cl)cc1)[C@@H]1CCCC[C@H]1[NH+]([CH2-])Cc1ccc(Cl)cc1.[Cu+2]. The van der Waals surface area contributed by atoms with Gasteiger partial charge in [-0.15, -0.1) is 0 Å². The average Bonchev–Trinajstić information content (AvgIpc) is 2.78. The van der Waals surface area contributed by atoms with E-state index in [9.17, 15) is 0 Å². The van der Waals surface area contributed by atoms with Crippen molar-refractivity contribution in [3.8, 4) is 0 Å². The van der Waals surface area contributed by atoms with E-state index in [-0.39, 0.29) is 17.1 Å². The number of hydrogen-bond acceptors (Lipinski definition) is 2. The average molecular weight is 541 g/mol. The molecule has 0 bridgehead atoms. The molecule has 7 heteroatoms. The van der Waals surface area contributed by atoms with Gasteiger partial charge in [-0.3, -0.25) is 12.6 Å². The molecule has 1 aliphatic carbocycles. The minimum absolute atomic E-state index is 0. The Labute approximate surface area is 220 Å². The second kappa shape index (κ2) is 18.2. The molecule has 1 radical (unpaired) electrons. The molecule has 185 valence electrons. The Hall–Kier alpha value is -1.20. The van der Waals surface area contributed by atoms with Crippen LogP contribution in [-0.2, 0) is 39.7 Å². The maximum Gasteiger partial charge on any atom is 2.00 e. The van der Waals surface area contributed by atoms with E-state index in [2.05, 4.69) is 38.4 Å². The van der Waals surface area contributed by atoms with Crippen LogP contribution < -0.4 is 9.80 Å². The summed E-state index contributed by atoms with van der Waals surface area (Å²) in [7, 11) is 8.91. The third-order valence-electron chi connectivity index (χ3n) is 5.50. The number of quaternary nitrogens is 2. The maximum atomic E-state index is 8.68. The molecular formula is C26H34Cl2CuN2O2. The van der Waals surface area contributed by atoms with Crippen LogP contribution in [-0.4, -0.2) is 24.7 Å². The van der Waals surface area contributed by atoms with E-state index in [4.69, 9.17) is 32.8 Å². The van der Waals surface area contributed by atoms with E-state index < -0.39 is 0 Å². The molecule has 4 nitrogen and oxygen atoms in total. The minimum Gasteiger partial charge on any atom is -0.542 e. The molecule has 0 saturated heterocycles. The summed E-state index contributed by atoms with van der Waals surface area (Å²) in [5.41, 5.74) is 2.57. The Morgan fingerprint density at radius 1 is 0.758 bits per heavy atom. The van der Waals surface area contributed by atoms with E-state index >= 15 is 0 Å². The molecule has 0 amide bonds. The zero-order valence-electron chi connectivity index (χ0n) is 19.3. The van der Waals surface area contributed by atoms with Crippen molar-refractivity contribution in [2.45, 2.75) is 64.7 Å². The summed E-state index contributed by atoms with van der Waals surface area (Å²) < 4.78 is 0. The Morgan fingerprint density at radius 2 is 1.03 bits per heavy atom. The Bertz CT molecular complexity index is 720. The molecule has 3 rings (SSSR count). The summed E-state index contributed by atoms with van der Waals surface area (Å²) in [6.45, 7) is 4.49. The smallest absolute Gasteiger partial charge is 0.542 e. The van der Waals surface area contributed by atoms with Crippen molar-refractivity contribution in [2.24, 2.45) is 0 Å². The third-order valence-corrected chi connectivity index (χ3v) is 6.01. The fraction of sp³-hybridized carbons (Fsp3) is 0.385. The van der Waals surface area contributed by atoms with Crippen molar-refractivity contribution in [2.75, 3.05) is 0 Å². The predicted molar refractivity (Wildman–Crippen MR) is 132 cm³/mol. The maximum absolute atomic E-state index is 8.68. The van der Waals surface area contributed by atoms with Crippen LogP contribution in [0.2, 0.25) is 10.0 Å². The molecule has 2 aromatic carbocycles. The fourth-order valence-electron chi connectivity index (χ4n) is 4.10. The molecule has 0 aromatic heterocycles. The van der Waals surface area contributed by atoms with E-state index in [1.807, 2.05) is 24.3 Å². The second-order valence-corrected chi connectivity index (χ2v) is 8.70. The molecule has 0 heterocycles. The van der Waals surface area contributed by atoms with Gasteiger partial charge in [-0.05, 0) is 37.1 Å². The van der Waals surface area contributed by atoms with Crippen LogP contribution in [0.3, 0.4) is 0 Å². The summed E-state index contributed by atoms with van der Waals surface area (Å²) in [6, 6.07) is 17.3. The van der Waals surface area contributed by atoms with Gasteiger partial charge in [0.25, 0.3) is 0 Å². The first-order chi connectivity index (χ1) is 15.4. The topological polar surface area (TPSA) is 43.0 Å². The molecule has 2 unspecified atom stereocenters. The first kappa shape index (κ1) is 31.8. The number of halogens is 2. The molecule has 2 N–H and O–H groups in total. The van der Waals surface area contributed by atoms with Gasteiger partial charge in [-0.2, -0.15) is 27.9 Å². The van der Waals surface area contributed by atoms with Crippen molar-refractivity contribution in [3.05, 3.63) is 83.8 Å². The summed E-state index contributed by atoms with van der Waals surface area (Å²) in [5.74, 6) is 0. The number of rotatable bonds is 6. The largest absolute Gasteiger partial charge is 2.00 e. The zero-order valence-corrected chi connectivity index (χ0v) is 21.8. The van der Waals surface area contributed by atoms with Crippen LogP contribution in [0.1, 0.15) is 50.7 Å². The van der Waals surface area contributed by atoms with E-state index in [0.717, 1.165) is 23.1 Å². The van der Waals surface area contributed by atoms with E-state index in [1.165, 1.54) is 73.0 Å². The molecule has 1 fully saturated rings. The summed E-state index contributed by atoms with van der Waals surface area (Å²) in [6.07, 6.45) is 8.01. The normalized spacial score (nSPS) is 18.7. The first-order valence-corrected chi connectivity index (χ1v) is 11.5. The van der Waals surface area contributed by atoms with Crippen LogP contribution >= 0.6 is 23.2 Å². The van der Waals surface area contributed by atoms with Crippen LogP contribution in [0.25, 0.3) is 0 Å². The van der Waals surface area contributed by atoms with Gasteiger partial charge < -0.3 is 19.4 Å². The molecule has 0 aliphatic heterocycles. The van der Waals surface area contributed by atoms with E-state index in [1.54, 1.807) is 0 Å². The minimum atomic E-state index is 0. The molecule has 4 atom stereocenters. The van der Waals surface area contributed by atoms with Gasteiger partial charge in [-0.25, -0.2) is 0 Å². The van der Waals surface area contributed by atoms with Gasteiger partial charge in [-0.1, -0.05) is 47.5 Å². The van der Waals surface area contributed by atoms with Crippen LogP contribution in [0.15, 0.2) is 48.5 Å². The van der Waals surface area contributed by atoms with Crippen molar-refractivity contribution >= 4 is 35.8 Å². The number of benzene rings is 2. The Kier molecular flexibility index (Phi) is 17.5. The summed E-state index contributed by atoms with van der Waals surface area (Å²) in [5, 5.41) is 1.57. The van der Waals surface area contributed by atoms with Crippen molar-refractivity contribution in [1.82, 2.24) is 0 Å². The second-order valence-electron chi connectivity index (χ2n) is 7.83. The van der Waals surface area contributed by atoms with Crippen LogP contribution in [0, 0.1) is 14.1 Å². The third kappa shape index (κ3) is 12.2. The zero-order chi connectivity index (χ0) is 23.9. The van der Waals surface area contributed by atoms with E-state index in [0.29, 0.717) is 12.1 Å². The fourth-order valence-corrected chi connectivity index (χ4v) is 4.35. The molecule has 2 aromatic rings. The molecule has 0 spiro atoms. The first-order valence-electron chi connectivity index (χ1n) is 10.8. The monoisotopic (exact) mass is 539 g/mol. The van der Waals surface area contributed by atoms with Crippen LogP contribution in [0.4, 0.5) is 0 Å². The molecule has 1 saturated carbocycles. The summed E-state index contributed by atoms with van der Waals surface area (Å²) in [4.78, 5) is 20.0. The number of carbonyl (C=O) groups excluding carboxylic acids is 2. The Balaban J connectivity index is 0.00000132. The standard InChI is InChI=1S/C22H28Cl2N2.2C2H3O.Cu/c1-25(15-17-7-11-19(23)12-8-17)21-5-3-4-6-22(21)26(2)16-18-9-13-20(24)14-10-18;2*1-2-3;/h7-14,21-22,25-26H,1-6,15-16H2;2*1H3;/q;2*-1;+2/t21-,22-;;;/m1.../s1. The number of hydrogen-bond donors (Lipinski definition) is 2. The molecule has 33 heavy (non-hydrogen) atoms. The molecular weight excluding hydrogens is 507 g/mol. The van der Waals surface area contributed by atoms with Crippen LogP contribution in [0.5, 0.6) is 0 Å². The van der Waals surface area contributed by atoms with Crippen molar-refractivity contribution in [1.29, 1.82) is 0 Å². The van der Waals surface area contributed by atoms with Crippen molar-refractivity contribution in [3.63, 3.8) is 0 Å².